The van der Waals surface area contributed by atoms with Crippen LogP contribution in [0, 0.1) is 0 Å². The first-order valence-corrected chi connectivity index (χ1v) is 11.4. The predicted molar refractivity (Wildman–Crippen MR) is 109 cm³/mol. The number of likely N-dealkylation sites (tertiary alicyclic amines) is 1. The van der Waals surface area contributed by atoms with Crippen LogP contribution in [0.5, 0.6) is 0 Å². The number of fused-ring (bicyclic) bond motifs is 1. The summed E-state index contributed by atoms with van der Waals surface area (Å²) in [5.74, 6) is -0.0916. The molecule has 5 nitrogen and oxygen atoms in total. The number of alkyl halides is 3. The van der Waals surface area contributed by atoms with Crippen LogP contribution in [0.2, 0.25) is 0 Å². The van der Waals surface area contributed by atoms with Crippen LogP contribution in [0.15, 0.2) is 22.0 Å². The zero-order valence-electron chi connectivity index (χ0n) is 15.9. The van der Waals surface area contributed by atoms with Crippen molar-refractivity contribution in [2.75, 3.05) is 11.9 Å². The Morgan fingerprint density at radius 2 is 2.21 bits per heavy atom. The minimum atomic E-state index is -4.46. The van der Waals surface area contributed by atoms with Gasteiger partial charge in [0.25, 0.3) is 5.91 Å². The molecule has 0 bridgehead atoms. The topological polar surface area (TPSA) is 50.2 Å². The number of carbonyl (C=O) groups is 1. The van der Waals surface area contributed by atoms with Crippen LogP contribution in [0.3, 0.4) is 0 Å². The molecular formula is C19H22BrF3N4OS. The number of thiophene rings is 1. The second-order valence-electron chi connectivity index (χ2n) is 7.52. The van der Waals surface area contributed by atoms with Crippen LogP contribution in [0.1, 0.15) is 66.5 Å². The maximum Gasteiger partial charge on any atom is 0.410 e. The molecule has 29 heavy (non-hydrogen) atoms. The van der Waals surface area contributed by atoms with Crippen molar-refractivity contribution in [3.63, 3.8) is 0 Å². The zero-order valence-corrected chi connectivity index (χ0v) is 18.3. The number of amides is 1. The second kappa shape index (κ2) is 7.94. The number of halogens is 4. The van der Waals surface area contributed by atoms with E-state index in [1.54, 1.807) is 4.90 Å². The molecule has 1 fully saturated rings. The molecular weight excluding hydrogens is 469 g/mol. The molecule has 1 amide bonds. The van der Waals surface area contributed by atoms with Crippen molar-refractivity contribution in [1.29, 1.82) is 0 Å². The van der Waals surface area contributed by atoms with Crippen molar-refractivity contribution >= 4 is 39.0 Å². The van der Waals surface area contributed by atoms with E-state index < -0.39 is 18.3 Å². The van der Waals surface area contributed by atoms with Crippen LogP contribution in [-0.4, -0.2) is 39.4 Å². The lowest BCUT2D eigenvalue weighted by atomic mass is 9.99. The molecule has 3 atom stereocenters. The smallest absolute Gasteiger partial charge is 0.362 e. The number of hydrogen-bond donors (Lipinski definition) is 1. The molecule has 2 aliphatic heterocycles. The fraction of sp³-hybridized carbons (Fsp3) is 0.579. The quantitative estimate of drug-likeness (QED) is 0.593. The summed E-state index contributed by atoms with van der Waals surface area (Å²) in [6.45, 7) is 2.64. The first-order chi connectivity index (χ1) is 13.8. The summed E-state index contributed by atoms with van der Waals surface area (Å²) in [7, 11) is 0. The third-order valence-electron chi connectivity index (χ3n) is 5.74. The predicted octanol–water partition coefficient (Wildman–Crippen LogP) is 5.77. The average Bonchev–Trinajstić information content (AvgIpc) is 3.34. The molecule has 1 N–H and O–H groups in total. The van der Waals surface area contributed by atoms with Crippen molar-refractivity contribution in [3.8, 4) is 0 Å². The third kappa shape index (κ3) is 3.81. The van der Waals surface area contributed by atoms with Crippen molar-refractivity contribution in [3.05, 3.63) is 32.6 Å². The Bertz CT molecular complexity index is 883. The van der Waals surface area contributed by atoms with Gasteiger partial charge in [0.15, 0.2) is 11.7 Å². The van der Waals surface area contributed by atoms with Crippen LogP contribution in [0.4, 0.5) is 19.0 Å². The summed E-state index contributed by atoms with van der Waals surface area (Å²) in [5, 5.41) is 9.17. The minimum Gasteiger partial charge on any atom is -0.362 e. The van der Waals surface area contributed by atoms with Crippen molar-refractivity contribution in [1.82, 2.24) is 14.7 Å². The lowest BCUT2D eigenvalue weighted by Crippen LogP contribution is -2.43. The molecule has 0 aromatic carbocycles. The Morgan fingerprint density at radius 1 is 1.41 bits per heavy atom. The van der Waals surface area contributed by atoms with Gasteiger partial charge in [-0.2, -0.15) is 18.3 Å². The molecule has 4 heterocycles. The standard InChI is InChI=1S/C19H22BrF3N4OS/c1-2-11-6-3-4-8-26(11)18(28)16-15(20)17-24-12(13-7-5-9-29-13)10-14(19(21,22)23)27(17)25-16/h5,7,9,11-12,14,24H,2-4,6,8,10H2,1H3/t11-,12-,14-/m1/s1. The van der Waals surface area contributed by atoms with Gasteiger partial charge in [-0.15, -0.1) is 11.3 Å². The number of anilines is 1. The van der Waals surface area contributed by atoms with Gasteiger partial charge in [0.2, 0.25) is 0 Å². The van der Waals surface area contributed by atoms with Gasteiger partial charge in [-0.05, 0) is 53.1 Å². The largest absolute Gasteiger partial charge is 0.410 e. The lowest BCUT2D eigenvalue weighted by molar-refractivity contribution is -0.173. The van der Waals surface area contributed by atoms with Crippen LogP contribution in [0.25, 0.3) is 0 Å². The van der Waals surface area contributed by atoms with E-state index in [1.807, 2.05) is 24.4 Å². The highest BCUT2D eigenvalue weighted by Gasteiger charge is 2.48. The van der Waals surface area contributed by atoms with Crippen LogP contribution in [-0.2, 0) is 0 Å². The molecule has 2 aromatic rings. The SMILES string of the molecule is CC[C@@H]1CCCCN1C(=O)c1nn2c(c1Br)N[C@@H](c1cccs1)C[C@@H]2C(F)(F)F. The molecule has 4 rings (SSSR count). The molecule has 0 aliphatic carbocycles. The number of nitrogens with one attached hydrogen (secondary N) is 1. The molecule has 0 radical (unpaired) electrons. The van der Waals surface area contributed by atoms with E-state index in [9.17, 15) is 18.0 Å². The van der Waals surface area contributed by atoms with E-state index in [2.05, 4.69) is 26.3 Å². The third-order valence-corrected chi connectivity index (χ3v) is 7.48. The maximum atomic E-state index is 13.9. The van der Waals surface area contributed by atoms with Gasteiger partial charge in [0.05, 0.1) is 10.5 Å². The van der Waals surface area contributed by atoms with Crippen LogP contribution >= 0.6 is 27.3 Å². The number of piperidine rings is 1. The van der Waals surface area contributed by atoms with Crippen LogP contribution < -0.4 is 5.32 Å². The Morgan fingerprint density at radius 3 is 2.86 bits per heavy atom. The highest BCUT2D eigenvalue weighted by molar-refractivity contribution is 9.10. The van der Waals surface area contributed by atoms with Gasteiger partial charge in [0.1, 0.15) is 5.82 Å². The molecule has 0 saturated carbocycles. The van der Waals surface area contributed by atoms with Gasteiger partial charge < -0.3 is 10.2 Å². The number of rotatable bonds is 3. The molecule has 10 heteroatoms. The van der Waals surface area contributed by atoms with Crippen molar-refractivity contribution in [2.24, 2.45) is 0 Å². The lowest BCUT2D eigenvalue weighted by Gasteiger charge is -2.34. The van der Waals surface area contributed by atoms with E-state index in [4.69, 9.17) is 0 Å². The van der Waals surface area contributed by atoms with E-state index in [-0.39, 0.29) is 29.9 Å². The zero-order chi connectivity index (χ0) is 20.8. The van der Waals surface area contributed by atoms with Crippen molar-refractivity contribution < 1.29 is 18.0 Å². The molecule has 2 aliphatic rings. The van der Waals surface area contributed by atoms with E-state index in [0.717, 1.165) is 35.2 Å². The monoisotopic (exact) mass is 490 g/mol. The normalized spacial score (nSPS) is 24.9. The summed E-state index contributed by atoms with van der Waals surface area (Å²) in [4.78, 5) is 15.8. The highest BCUT2D eigenvalue weighted by atomic mass is 79.9. The van der Waals surface area contributed by atoms with E-state index >= 15 is 0 Å². The second-order valence-corrected chi connectivity index (χ2v) is 9.29. The Kier molecular flexibility index (Phi) is 5.67. The maximum absolute atomic E-state index is 13.9. The molecule has 158 valence electrons. The highest BCUT2D eigenvalue weighted by Crippen LogP contribution is 2.47. The summed E-state index contributed by atoms with van der Waals surface area (Å²) >= 11 is 4.79. The first-order valence-electron chi connectivity index (χ1n) is 9.76. The van der Waals surface area contributed by atoms with E-state index in [0.29, 0.717) is 11.0 Å². The van der Waals surface area contributed by atoms with Crippen molar-refractivity contribution in [2.45, 2.75) is 63.3 Å². The fourth-order valence-corrected chi connectivity index (χ4v) is 5.57. The summed E-state index contributed by atoms with van der Waals surface area (Å²) < 4.78 is 42.8. The molecule has 0 spiro atoms. The van der Waals surface area contributed by atoms with Gasteiger partial charge in [-0.25, -0.2) is 4.68 Å². The van der Waals surface area contributed by atoms with Gasteiger partial charge in [0, 0.05) is 23.9 Å². The fourth-order valence-electron chi connectivity index (χ4n) is 4.23. The Hall–Kier alpha value is -1.55. The number of aromatic nitrogens is 2. The summed E-state index contributed by atoms with van der Waals surface area (Å²) in [6.07, 6.45) is -0.936. The Balaban J connectivity index is 1.72. The number of nitrogens with zero attached hydrogens (tertiary/aromatic N) is 3. The van der Waals surface area contributed by atoms with Gasteiger partial charge >= 0.3 is 6.18 Å². The molecule has 1 saturated heterocycles. The average molecular weight is 491 g/mol. The van der Waals surface area contributed by atoms with Gasteiger partial charge in [-0.3, -0.25) is 4.79 Å². The Labute approximate surface area is 179 Å². The molecule has 0 unspecified atom stereocenters. The van der Waals surface area contributed by atoms with E-state index in [1.165, 1.54) is 11.3 Å². The number of carbonyl (C=O) groups excluding carboxylic acids is 1. The number of hydrogen-bond acceptors (Lipinski definition) is 4. The first kappa shape index (κ1) is 20.7. The van der Waals surface area contributed by atoms with Gasteiger partial charge in [-0.1, -0.05) is 13.0 Å². The molecule has 2 aromatic heterocycles. The minimum absolute atomic E-state index is 0.0499. The summed E-state index contributed by atoms with van der Waals surface area (Å²) in [6, 6.07) is 1.48. The summed E-state index contributed by atoms with van der Waals surface area (Å²) in [5.41, 5.74) is 0.0499.